The third kappa shape index (κ3) is 3.80. The van der Waals surface area contributed by atoms with Gasteiger partial charge in [-0.05, 0) is 31.2 Å². The molecule has 104 valence electrons. The third-order valence-electron chi connectivity index (χ3n) is 4.44. The van der Waals surface area contributed by atoms with Crippen LogP contribution in [-0.4, -0.2) is 18.2 Å². The fraction of sp³-hybridized carbons (Fsp3) is 0.647. The fourth-order valence-electron chi connectivity index (χ4n) is 3.00. The van der Waals surface area contributed by atoms with Crippen LogP contribution in [0, 0.1) is 0 Å². The second-order valence-electron chi connectivity index (χ2n) is 6.17. The summed E-state index contributed by atoms with van der Waals surface area (Å²) < 4.78 is 6.37. The molecular formula is C17H25NO. The fourth-order valence-corrected chi connectivity index (χ4v) is 3.00. The maximum atomic E-state index is 6.37. The lowest BCUT2D eigenvalue weighted by Gasteiger charge is -2.37. The summed E-state index contributed by atoms with van der Waals surface area (Å²) in [4.78, 5) is 0. The number of rotatable bonds is 6. The minimum Gasteiger partial charge on any atom is -0.369 e. The van der Waals surface area contributed by atoms with Crippen molar-refractivity contribution in [3.05, 3.63) is 35.9 Å². The van der Waals surface area contributed by atoms with E-state index in [-0.39, 0.29) is 5.60 Å². The van der Waals surface area contributed by atoms with E-state index in [1.54, 1.807) is 0 Å². The quantitative estimate of drug-likeness (QED) is 0.842. The molecule has 0 spiro atoms. The van der Waals surface area contributed by atoms with Crippen LogP contribution in [0.3, 0.4) is 0 Å². The molecule has 0 aromatic heterocycles. The SMILES string of the molecule is c1ccc(COC2(CNC3CC3)CCCCC2)cc1. The number of hydrogen-bond donors (Lipinski definition) is 1. The van der Waals surface area contributed by atoms with E-state index in [2.05, 4.69) is 35.6 Å². The Labute approximate surface area is 116 Å². The topological polar surface area (TPSA) is 21.3 Å². The van der Waals surface area contributed by atoms with Gasteiger partial charge in [0, 0.05) is 12.6 Å². The molecule has 2 heteroatoms. The molecule has 0 unspecified atom stereocenters. The lowest BCUT2D eigenvalue weighted by atomic mass is 9.84. The minimum absolute atomic E-state index is 0.0939. The Morgan fingerprint density at radius 1 is 1.05 bits per heavy atom. The molecule has 2 fully saturated rings. The summed E-state index contributed by atoms with van der Waals surface area (Å²) in [7, 11) is 0. The summed E-state index contributed by atoms with van der Waals surface area (Å²) in [5, 5.41) is 3.68. The molecule has 0 radical (unpaired) electrons. The standard InChI is InChI=1S/C17H25NO/c1-3-7-15(8-4-1)13-19-17(11-5-2-6-12-17)14-18-16-9-10-16/h1,3-4,7-8,16,18H,2,5-6,9-14H2. The Bertz CT molecular complexity index is 380. The predicted octanol–water partition coefficient (Wildman–Crippen LogP) is 3.66. The van der Waals surface area contributed by atoms with Gasteiger partial charge in [0.25, 0.3) is 0 Å². The second-order valence-corrected chi connectivity index (χ2v) is 6.17. The molecule has 0 bridgehead atoms. The van der Waals surface area contributed by atoms with Gasteiger partial charge in [-0.3, -0.25) is 0 Å². The van der Waals surface area contributed by atoms with E-state index in [1.165, 1.54) is 50.5 Å². The van der Waals surface area contributed by atoms with Crippen molar-refractivity contribution in [2.45, 2.75) is 63.2 Å². The number of benzene rings is 1. The smallest absolute Gasteiger partial charge is 0.0810 e. The van der Waals surface area contributed by atoms with Crippen LogP contribution >= 0.6 is 0 Å². The van der Waals surface area contributed by atoms with Crippen molar-refractivity contribution in [1.29, 1.82) is 0 Å². The normalized spacial score (nSPS) is 22.3. The lowest BCUT2D eigenvalue weighted by molar-refractivity contribution is -0.0787. The maximum Gasteiger partial charge on any atom is 0.0810 e. The number of hydrogen-bond acceptors (Lipinski definition) is 2. The Morgan fingerprint density at radius 3 is 2.47 bits per heavy atom. The van der Waals surface area contributed by atoms with E-state index in [0.29, 0.717) is 0 Å². The highest BCUT2D eigenvalue weighted by Gasteiger charge is 2.34. The summed E-state index contributed by atoms with van der Waals surface area (Å²) in [6.07, 6.45) is 9.17. The van der Waals surface area contributed by atoms with Crippen LogP contribution in [0.4, 0.5) is 0 Å². The van der Waals surface area contributed by atoms with E-state index in [0.717, 1.165) is 19.2 Å². The zero-order valence-electron chi connectivity index (χ0n) is 11.7. The van der Waals surface area contributed by atoms with Gasteiger partial charge in [0.15, 0.2) is 0 Å². The Morgan fingerprint density at radius 2 is 1.79 bits per heavy atom. The summed E-state index contributed by atoms with van der Waals surface area (Å²) in [5.41, 5.74) is 1.38. The summed E-state index contributed by atoms with van der Waals surface area (Å²) in [5.74, 6) is 0. The Hall–Kier alpha value is -0.860. The largest absolute Gasteiger partial charge is 0.369 e. The van der Waals surface area contributed by atoms with E-state index in [1.807, 2.05) is 0 Å². The van der Waals surface area contributed by atoms with Crippen molar-refractivity contribution in [2.24, 2.45) is 0 Å². The van der Waals surface area contributed by atoms with Gasteiger partial charge < -0.3 is 10.1 Å². The molecule has 0 atom stereocenters. The van der Waals surface area contributed by atoms with Gasteiger partial charge in [-0.15, -0.1) is 0 Å². The van der Waals surface area contributed by atoms with E-state index >= 15 is 0 Å². The van der Waals surface area contributed by atoms with Crippen LogP contribution in [0.5, 0.6) is 0 Å². The Kier molecular flexibility index (Phi) is 4.19. The average Bonchev–Trinajstić information content (AvgIpc) is 3.30. The van der Waals surface area contributed by atoms with Crippen molar-refractivity contribution >= 4 is 0 Å². The Balaban J connectivity index is 1.57. The molecule has 1 aromatic rings. The summed E-state index contributed by atoms with van der Waals surface area (Å²) >= 11 is 0. The highest BCUT2D eigenvalue weighted by Crippen LogP contribution is 2.33. The van der Waals surface area contributed by atoms with Crippen molar-refractivity contribution in [3.8, 4) is 0 Å². The van der Waals surface area contributed by atoms with Crippen LogP contribution < -0.4 is 5.32 Å². The second kappa shape index (κ2) is 6.06. The monoisotopic (exact) mass is 259 g/mol. The van der Waals surface area contributed by atoms with Crippen LogP contribution in [0.15, 0.2) is 30.3 Å². The van der Waals surface area contributed by atoms with Gasteiger partial charge in [0.05, 0.1) is 12.2 Å². The highest BCUT2D eigenvalue weighted by atomic mass is 16.5. The molecule has 2 aliphatic rings. The van der Waals surface area contributed by atoms with Crippen LogP contribution in [0.25, 0.3) is 0 Å². The van der Waals surface area contributed by atoms with Crippen molar-refractivity contribution in [1.82, 2.24) is 5.32 Å². The first-order valence-corrected chi connectivity index (χ1v) is 7.78. The zero-order chi connectivity index (χ0) is 13.0. The molecule has 0 amide bonds. The first-order chi connectivity index (χ1) is 9.36. The van der Waals surface area contributed by atoms with Crippen molar-refractivity contribution in [2.75, 3.05) is 6.54 Å². The van der Waals surface area contributed by atoms with Crippen LogP contribution in [0.2, 0.25) is 0 Å². The number of nitrogens with one attached hydrogen (secondary N) is 1. The third-order valence-corrected chi connectivity index (χ3v) is 4.44. The molecule has 0 heterocycles. The van der Waals surface area contributed by atoms with E-state index in [4.69, 9.17) is 4.74 Å². The zero-order valence-corrected chi connectivity index (χ0v) is 11.7. The molecule has 3 rings (SSSR count). The molecule has 2 saturated carbocycles. The van der Waals surface area contributed by atoms with Gasteiger partial charge >= 0.3 is 0 Å². The van der Waals surface area contributed by atoms with Gasteiger partial charge in [-0.25, -0.2) is 0 Å². The maximum absolute atomic E-state index is 6.37. The molecular weight excluding hydrogens is 234 g/mol. The van der Waals surface area contributed by atoms with Gasteiger partial charge in [-0.1, -0.05) is 49.6 Å². The molecule has 0 aliphatic heterocycles. The van der Waals surface area contributed by atoms with Gasteiger partial charge in [0.1, 0.15) is 0 Å². The minimum atomic E-state index is 0.0939. The molecule has 2 nitrogen and oxygen atoms in total. The first kappa shape index (κ1) is 13.1. The first-order valence-electron chi connectivity index (χ1n) is 7.78. The van der Waals surface area contributed by atoms with Crippen molar-refractivity contribution in [3.63, 3.8) is 0 Å². The summed E-state index contributed by atoms with van der Waals surface area (Å²) in [6.45, 7) is 1.80. The molecule has 0 saturated heterocycles. The molecule has 1 N–H and O–H groups in total. The molecule has 19 heavy (non-hydrogen) atoms. The molecule has 2 aliphatic carbocycles. The highest BCUT2D eigenvalue weighted by molar-refractivity contribution is 5.13. The summed E-state index contributed by atoms with van der Waals surface area (Å²) in [6, 6.07) is 11.3. The number of ether oxygens (including phenoxy) is 1. The van der Waals surface area contributed by atoms with E-state index < -0.39 is 0 Å². The predicted molar refractivity (Wildman–Crippen MR) is 78.1 cm³/mol. The van der Waals surface area contributed by atoms with Gasteiger partial charge in [-0.2, -0.15) is 0 Å². The lowest BCUT2D eigenvalue weighted by Crippen LogP contribution is -2.45. The van der Waals surface area contributed by atoms with E-state index in [9.17, 15) is 0 Å². The van der Waals surface area contributed by atoms with Gasteiger partial charge in [0.2, 0.25) is 0 Å². The molecule has 1 aromatic carbocycles. The van der Waals surface area contributed by atoms with Crippen molar-refractivity contribution < 1.29 is 4.74 Å². The van der Waals surface area contributed by atoms with Crippen LogP contribution in [0.1, 0.15) is 50.5 Å². The average molecular weight is 259 g/mol. The van der Waals surface area contributed by atoms with Crippen LogP contribution in [-0.2, 0) is 11.3 Å².